The zero-order valence-electron chi connectivity index (χ0n) is 10.7. The van der Waals surface area contributed by atoms with E-state index in [0.717, 1.165) is 32.0 Å². The van der Waals surface area contributed by atoms with Gasteiger partial charge in [-0.25, -0.2) is 0 Å². The SMILES string of the molecule is CCc1cc(CC(=O)c2cc(C)c(Br)s2)n(C)n1. The van der Waals surface area contributed by atoms with Crippen molar-refractivity contribution in [1.82, 2.24) is 9.78 Å². The van der Waals surface area contributed by atoms with Crippen LogP contribution < -0.4 is 0 Å². The minimum absolute atomic E-state index is 0.152. The molecular weight excluding hydrogens is 312 g/mol. The molecule has 0 unspecified atom stereocenters. The van der Waals surface area contributed by atoms with Crippen LogP contribution in [0.3, 0.4) is 0 Å². The largest absolute Gasteiger partial charge is 0.293 e. The van der Waals surface area contributed by atoms with Gasteiger partial charge < -0.3 is 0 Å². The minimum atomic E-state index is 0.152. The molecule has 2 aromatic heterocycles. The van der Waals surface area contributed by atoms with Crippen LogP contribution in [0.1, 0.15) is 33.5 Å². The summed E-state index contributed by atoms with van der Waals surface area (Å²) in [6.45, 7) is 4.06. The molecule has 18 heavy (non-hydrogen) atoms. The van der Waals surface area contributed by atoms with E-state index < -0.39 is 0 Å². The van der Waals surface area contributed by atoms with Gasteiger partial charge in [-0.3, -0.25) is 9.48 Å². The predicted molar refractivity (Wildman–Crippen MR) is 77.4 cm³/mol. The molecule has 0 aliphatic heterocycles. The number of Topliss-reactive ketones (excluding diaryl/α,β-unsaturated/α-hetero) is 1. The minimum Gasteiger partial charge on any atom is -0.293 e. The normalized spacial score (nSPS) is 10.9. The zero-order chi connectivity index (χ0) is 13.3. The molecule has 0 N–H and O–H groups in total. The summed E-state index contributed by atoms with van der Waals surface area (Å²) < 4.78 is 2.83. The lowest BCUT2D eigenvalue weighted by Crippen LogP contribution is -2.06. The van der Waals surface area contributed by atoms with Crippen molar-refractivity contribution in [3.05, 3.63) is 37.7 Å². The van der Waals surface area contributed by atoms with E-state index in [1.165, 1.54) is 11.3 Å². The molecule has 0 radical (unpaired) electrons. The third-order valence-corrected chi connectivity index (χ3v) is 5.04. The molecule has 2 aromatic rings. The number of rotatable bonds is 4. The maximum absolute atomic E-state index is 12.2. The van der Waals surface area contributed by atoms with Crippen molar-refractivity contribution >= 4 is 33.0 Å². The topological polar surface area (TPSA) is 34.9 Å². The summed E-state index contributed by atoms with van der Waals surface area (Å²) in [6.07, 6.45) is 1.31. The van der Waals surface area contributed by atoms with Crippen molar-refractivity contribution in [3.63, 3.8) is 0 Å². The number of carbonyl (C=O) groups is 1. The molecule has 0 atom stereocenters. The number of thiophene rings is 1. The molecule has 0 saturated heterocycles. The fourth-order valence-electron chi connectivity index (χ4n) is 1.76. The number of nitrogens with zero attached hydrogens (tertiary/aromatic N) is 2. The first-order valence-electron chi connectivity index (χ1n) is 5.82. The summed E-state index contributed by atoms with van der Waals surface area (Å²) in [5.74, 6) is 0.152. The Morgan fingerprint density at radius 1 is 1.50 bits per heavy atom. The molecule has 0 fully saturated rings. The van der Waals surface area contributed by atoms with Gasteiger partial charge in [0.1, 0.15) is 0 Å². The number of hydrogen-bond donors (Lipinski definition) is 0. The Labute approximate surface area is 119 Å². The highest BCUT2D eigenvalue weighted by Crippen LogP contribution is 2.28. The van der Waals surface area contributed by atoms with E-state index in [0.29, 0.717) is 6.42 Å². The smallest absolute Gasteiger partial charge is 0.178 e. The first-order chi connectivity index (χ1) is 8.51. The number of halogens is 1. The lowest BCUT2D eigenvalue weighted by molar-refractivity contribution is 0.0994. The Kier molecular flexibility index (Phi) is 4.02. The average molecular weight is 327 g/mol. The Balaban J connectivity index is 2.18. The summed E-state index contributed by atoms with van der Waals surface area (Å²) in [6, 6.07) is 3.95. The summed E-state index contributed by atoms with van der Waals surface area (Å²) in [5.41, 5.74) is 3.12. The second-order valence-corrected chi connectivity index (χ2v) is 6.64. The fourth-order valence-corrected chi connectivity index (χ4v) is 3.23. The molecule has 0 saturated carbocycles. The van der Waals surface area contributed by atoms with Crippen LogP contribution in [0.4, 0.5) is 0 Å². The van der Waals surface area contributed by atoms with Gasteiger partial charge in [-0.15, -0.1) is 11.3 Å². The van der Waals surface area contributed by atoms with Crippen LogP contribution >= 0.6 is 27.3 Å². The van der Waals surface area contributed by atoms with Crippen molar-refractivity contribution in [2.45, 2.75) is 26.7 Å². The van der Waals surface area contributed by atoms with Crippen LogP contribution in [-0.4, -0.2) is 15.6 Å². The van der Waals surface area contributed by atoms with E-state index >= 15 is 0 Å². The van der Waals surface area contributed by atoms with Crippen molar-refractivity contribution < 1.29 is 4.79 Å². The Bertz CT molecular complexity index is 566. The van der Waals surface area contributed by atoms with Gasteiger partial charge in [-0.2, -0.15) is 5.10 Å². The van der Waals surface area contributed by atoms with Crippen molar-refractivity contribution in [2.75, 3.05) is 0 Å². The van der Waals surface area contributed by atoms with Gasteiger partial charge in [0.25, 0.3) is 0 Å². The first kappa shape index (κ1) is 13.5. The molecule has 0 spiro atoms. The van der Waals surface area contributed by atoms with Crippen LogP contribution in [0.5, 0.6) is 0 Å². The van der Waals surface area contributed by atoms with Crippen molar-refractivity contribution in [3.8, 4) is 0 Å². The van der Waals surface area contributed by atoms with Gasteiger partial charge in [0, 0.05) is 12.7 Å². The molecular formula is C13H15BrN2OS. The highest BCUT2D eigenvalue weighted by molar-refractivity contribution is 9.11. The fraction of sp³-hybridized carbons (Fsp3) is 0.385. The summed E-state index contributed by atoms with van der Waals surface area (Å²) >= 11 is 4.95. The highest BCUT2D eigenvalue weighted by atomic mass is 79.9. The third-order valence-electron chi connectivity index (χ3n) is 2.86. The molecule has 2 heterocycles. The maximum atomic E-state index is 12.2. The Hall–Kier alpha value is -0.940. The lowest BCUT2D eigenvalue weighted by Gasteiger charge is -1.99. The van der Waals surface area contributed by atoms with E-state index in [-0.39, 0.29) is 5.78 Å². The molecule has 0 aliphatic carbocycles. The van der Waals surface area contributed by atoms with Crippen LogP contribution in [0.15, 0.2) is 15.9 Å². The molecule has 0 bridgehead atoms. The van der Waals surface area contributed by atoms with E-state index in [9.17, 15) is 4.79 Å². The molecule has 0 aromatic carbocycles. The van der Waals surface area contributed by atoms with Gasteiger partial charge >= 0.3 is 0 Å². The number of aryl methyl sites for hydroxylation is 3. The first-order valence-corrected chi connectivity index (χ1v) is 7.43. The van der Waals surface area contributed by atoms with Gasteiger partial charge in [0.05, 0.1) is 20.8 Å². The quantitative estimate of drug-likeness (QED) is 0.805. The van der Waals surface area contributed by atoms with Crippen LogP contribution in [0.2, 0.25) is 0 Å². The van der Waals surface area contributed by atoms with Crippen LogP contribution in [0.25, 0.3) is 0 Å². The number of hydrogen-bond acceptors (Lipinski definition) is 3. The second kappa shape index (κ2) is 5.36. The summed E-state index contributed by atoms with van der Waals surface area (Å²) in [7, 11) is 1.89. The highest BCUT2D eigenvalue weighted by Gasteiger charge is 2.14. The maximum Gasteiger partial charge on any atom is 0.178 e. The summed E-state index contributed by atoms with van der Waals surface area (Å²) in [5, 5.41) is 4.36. The molecule has 3 nitrogen and oxygen atoms in total. The van der Waals surface area contributed by atoms with E-state index in [1.54, 1.807) is 4.68 Å². The predicted octanol–water partition coefficient (Wildman–Crippen LogP) is 3.54. The second-order valence-electron chi connectivity index (χ2n) is 4.27. The van der Waals surface area contributed by atoms with E-state index in [1.807, 2.05) is 26.1 Å². The van der Waals surface area contributed by atoms with E-state index in [2.05, 4.69) is 28.0 Å². The molecule has 0 amide bonds. The van der Waals surface area contributed by atoms with Gasteiger partial charge in [-0.1, -0.05) is 6.92 Å². The van der Waals surface area contributed by atoms with E-state index in [4.69, 9.17) is 0 Å². The third kappa shape index (κ3) is 2.72. The van der Waals surface area contributed by atoms with Crippen molar-refractivity contribution in [1.29, 1.82) is 0 Å². The Morgan fingerprint density at radius 2 is 2.22 bits per heavy atom. The molecule has 0 aliphatic rings. The summed E-state index contributed by atoms with van der Waals surface area (Å²) in [4.78, 5) is 13.0. The number of aromatic nitrogens is 2. The van der Waals surface area contributed by atoms with Gasteiger partial charge in [0.15, 0.2) is 5.78 Å². The standard InChI is InChI=1S/C13H15BrN2OS/c1-4-9-6-10(16(3)15-9)7-11(17)12-5-8(2)13(14)18-12/h5-6H,4,7H2,1-3H3. The zero-order valence-corrected chi connectivity index (χ0v) is 13.1. The molecule has 96 valence electrons. The van der Waals surface area contributed by atoms with Gasteiger partial charge in [0.2, 0.25) is 0 Å². The monoisotopic (exact) mass is 326 g/mol. The van der Waals surface area contributed by atoms with Crippen LogP contribution in [0, 0.1) is 6.92 Å². The number of carbonyl (C=O) groups excluding carboxylic acids is 1. The number of ketones is 1. The van der Waals surface area contributed by atoms with Crippen molar-refractivity contribution in [2.24, 2.45) is 7.05 Å². The van der Waals surface area contributed by atoms with Gasteiger partial charge in [-0.05, 0) is 47.0 Å². The average Bonchev–Trinajstić information content (AvgIpc) is 2.84. The molecule has 5 heteroatoms. The Morgan fingerprint density at radius 3 is 2.72 bits per heavy atom. The lowest BCUT2D eigenvalue weighted by atomic mass is 10.1. The molecule has 2 rings (SSSR count). The van der Waals surface area contributed by atoms with Crippen LogP contribution in [-0.2, 0) is 19.9 Å².